The summed E-state index contributed by atoms with van der Waals surface area (Å²) in [7, 11) is 0. The molecule has 0 saturated heterocycles. The van der Waals surface area contributed by atoms with Gasteiger partial charge in [0.1, 0.15) is 5.75 Å². The molecule has 0 saturated carbocycles. The van der Waals surface area contributed by atoms with Crippen LogP contribution in [0.5, 0.6) is 5.75 Å². The number of ether oxygens (including phenoxy) is 1. The summed E-state index contributed by atoms with van der Waals surface area (Å²) in [6, 6.07) is 9.71. The van der Waals surface area contributed by atoms with Crippen molar-refractivity contribution in [2.24, 2.45) is 5.73 Å². The van der Waals surface area contributed by atoms with Crippen LogP contribution in [0.3, 0.4) is 0 Å². The maximum absolute atomic E-state index is 11.1. The average molecular weight is 274 g/mol. The number of primary amides is 1. The molecule has 2 N–H and O–H groups in total. The van der Waals surface area contributed by atoms with E-state index >= 15 is 0 Å². The van der Waals surface area contributed by atoms with Gasteiger partial charge in [-0.05, 0) is 31.9 Å². The summed E-state index contributed by atoms with van der Waals surface area (Å²) in [4.78, 5) is 11.1. The summed E-state index contributed by atoms with van der Waals surface area (Å²) in [5.41, 5.74) is 6.14. The Bertz CT molecular complexity index is 566. The average Bonchev–Trinajstić information content (AvgIpc) is 2.81. The molecule has 1 heterocycles. The summed E-state index contributed by atoms with van der Waals surface area (Å²) >= 11 is 0. The number of nitrogens with two attached hydrogens (primary N) is 1. The van der Waals surface area contributed by atoms with Crippen LogP contribution in [0.25, 0.3) is 0 Å². The maximum atomic E-state index is 11.1. The van der Waals surface area contributed by atoms with E-state index in [9.17, 15) is 4.79 Å². The summed E-state index contributed by atoms with van der Waals surface area (Å²) in [6.45, 7) is 3.14. The molecule has 6 nitrogen and oxygen atoms in total. The summed E-state index contributed by atoms with van der Waals surface area (Å²) in [5.74, 6) is 0.335. The van der Waals surface area contributed by atoms with E-state index in [2.05, 4.69) is 10.3 Å². The Morgan fingerprint density at radius 3 is 2.70 bits per heavy atom. The smallest absolute Gasteiger partial charge is 0.271 e. The van der Waals surface area contributed by atoms with Gasteiger partial charge in [-0.3, -0.25) is 4.79 Å². The molecule has 0 spiro atoms. The van der Waals surface area contributed by atoms with E-state index in [-0.39, 0.29) is 5.69 Å². The molecule has 1 aromatic heterocycles. The molecule has 0 atom stereocenters. The summed E-state index contributed by atoms with van der Waals surface area (Å²) in [6.07, 6.45) is 1.80. The van der Waals surface area contributed by atoms with Gasteiger partial charge in [-0.25, -0.2) is 4.68 Å². The van der Waals surface area contributed by atoms with Crippen LogP contribution in [-0.4, -0.2) is 27.5 Å². The third kappa shape index (κ3) is 3.57. The molecule has 20 heavy (non-hydrogen) atoms. The molecule has 1 aromatic carbocycles. The van der Waals surface area contributed by atoms with Gasteiger partial charge in [0.2, 0.25) is 0 Å². The Labute approximate surface area is 117 Å². The first-order valence-corrected chi connectivity index (χ1v) is 6.56. The quantitative estimate of drug-likeness (QED) is 0.776. The molecular formula is C14H18N4O2. The van der Waals surface area contributed by atoms with Crippen LogP contribution in [-0.2, 0) is 6.54 Å². The molecule has 2 aromatic rings. The number of aromatic nitrogens is 3. The Morgan fingerprint density at radius 1 is 1.30 bits per heavy atom. The number of carbonyl (C=O) groups excluding carboxylic acids is 1. The molecule has 0 aliphatic rings. The third-order valence-corrected chi connectivity index (χ3v) is 2.99. The van der Waals surface area contributed by atoms with Crippen LogP contribution in [0, 0.1) is 6.92 Å². The van der Waals surface area contributed by atoms with E-state index in [0.717, 1.165) is 18.6 Å². The fourth-order valence-electron chi connectivity index (χ4n) is 1.87. The van der Waals surface area contributed by atoms with Crippen LogP contribution in [0.4, 0.5) is 0 Å². The molecule has 0 radical (unpaired) electrons. The molecule has 0 aliphatic carbocycles. The Kier molecular flexibility index (Phi) is 4.70. The van der Waals surface area contributed by atoms with Gasteiger partial charge in [0.15, 0.2) is 5.69 Å². The van der Waals surface area contributed by atoms with Crippen LogP contribution in [0.1, 0.15) is 29.0 Å². The topological polar surface area (TPSA) is 83.0 Å². The zero-order valence-corrected chi connectivity index (χ0v) is 11.5. The summed E-state index contributed by atoms with van der Waals surface area (Å²) < 4.78 is 7.30. The van der Waals surface area contributed by atoms with E-state index in [1.807, 2.05) is 30.3 Å². The van der Waals surface area contributed by atoms with Crippen LogP contribution in [0.2, 0.25) is 0 Å². The second-order valence-corrected chi connectivity index (χ2v) is 4.48. The van der Waals surface area contributed by atoms with Crippen molar-refractivity contribution in [3.05, 3.63) is 41.7 Å². The molecule has 0 unspecified atom stereocenters. The number of carbonyl (C=O) groups is 1. The largest absolute Gasteiger partial charge is 0.494 e. The number of rotatable bonds is 7. The first kappa shape index (κ1) is 14.0. The lowest BCUT2D eigenvalue weighted by Crippen LogP contribution is -2.13. The van der Waals surface area contributed by atoms with Gasteiger partial charge in [-0.1, -0.05) is 23.4 Å². The van der Waals surface area contributed by atoms with Crippen LogP contribution < -0.4 is 10.5 Å². The minimum atomic E-state index is -0.541. The number of aryl methyl sites for hydroxylation is 1. The minimum absolute atomic E-state index is 0.241. The van der Waals surface area contributed by atoms with Crippen molar-refractivity contribution in [3.63, 3.8) is 0 Å². The highest BCUT2D eigenvalue weighted by Crippen LogP contribution is 2.09. The Morgan fingerprint density at radius 2 is 2.05 bits per heavy atom. The molecule has 0 aliphatic heterocycles. The van der Waals surface area contributed by atoms with Crippen molar-refractivity contribution in [2.45, 2.75) is 26.3 Å². The lowest BCUT2D eigenvalue weighted by Gasteiger charge is -2.06. The molecule has 2 rings (SSSR count). The van der Waals surface area contributed by atoms with Gasteiger partial charge in [0.25, 0.3) is 5.91 Å². The monoisotopic (exact) mass is 274 g/mol. The second kappa shape index (κ2) is 6.70. The highest BCUT2D eigenvalue weighted by molar-refractivity contribution is 5.91. The molecule has 0 bridgehead atoms. The lowest BCUT2D eigenvalue weighted by atomic mass is 10.3. The normalized spacial score (nSPS) is 10.4. The fourth-order valence-corrected chi connectivity index (χ4v) is 1.87. The van der Waals surface area contributed by atoms with Crippen molar-refractivity contribution >= 4 is 5.91 Å². The summed E-state index contributed by atoms with van der Waals surface area (Å²) in [5, 5.41) is 7.69. The molecule has 0 fully saturated rings. The van der Waals surface area contributed by atoms with Gasteiger partial charge in [-0.15, -0.1) is 5.10 Å². The zero-order valence-electron chi connectivity index (χ0n) is 11.5. The van der Waals surface area contributed by atoms with Gasteiger partial charge in [0, 0.05) is 6.54 Å². The molecule has 106 valence electrons. The van der Waals surface area contributed by atoms with Crippen molar-refractivity contribution in [3.8, 4) is 5.75 Å². The molecule has 6 heteroatoms. The van der Waals surface area contributed by atoms with E-state index in [1.54, 1.807) is 11.6 Å². The van der Waals surface area contributed by atoms with E-state index in [1.165, 1.54) is 0 Å². The van der Waals surface area contributed by atoms with E-state index < -0.39 is 5.91 Å². The van der Waals surface area contributed by atoms with Gasteiger partial charge in [0.05, 0.1) is 12.3 Å². The standard InChI is InChI=1S/C14H18N4O2/c1-11-13(14(15)19)16-17-18(11)9-5-6-10-20-12-7-3-2-4-8-12/h2-4,7-8H,5-6,9-10H2,1H3,(H2,15,19). The number of unbranched alkanes of at least 4 members (excludes halogenated alkanes) is 1. The Balaban J connectivity index is 1.72. The number of nitrogens with zero attached hydrogens (tertiary/aromatic N) is 3. The molecule has 1 amide bonds. The number of hydrogen-bond acceptors (Lipinski definition) is 4. The van der Waals surface area contributed by atoms with Crippen molar-refractivity contribution in [1.82, 2.24) is 15.0 Å². The maximum Gasteiger partial charge on any atom is 0.271 e. The highest BCUT2D eigenvalue weighted by atomic mass is 16.5. The number of benzene rings is 1. The highest BCUT2D eigenvalue weighted by Gasteiger charge is 2.12. The first-order valence-electron chi connectivity index (χ1n) is 6.56. The van der Waals surface area contributed by atoms with Crippen molar-refractivity contribution in [1.29, 1.82) is 0 Å². The first-order chi connectivity index (χ1) is 9.68. The number of para-hydroxylation sites is 1. The van der Waals surface area contributed by atoms with Crippen LogP contribution in [0.15, 0.2) is 30.3 Å². The van der Waals surface area contributed by atoms with Crippen molar-refractivity contribution < 1.29 is 9.53 Å². The predicted octanol–water partition coefficient (Wildman–Crippen LogP) is 1.54. The predicted molar refractivity (Wildman–Crippen MR) is 74.4 cm³/mol. The Hall–Kier alpha value is -2.37. The molecular weight excluding hydrogens is 256 g/mol. The zero-order chi connectivity index (χ0) is 14.4. The van der Waals surface area contributed by atoms with Crippen LogP contribution >= 0.6 is 0 Å². The minimum Gasteiger partial charge on any atom is -0.494 e. The second-order valence-electron chi connectivity index (χ2n) is 4.48. The number of amides is 1. The van der Waals surface area contributed by atoms with Crippen molar-refractivity contribution in [2.75, 3.05) is 6.61 Å². The fraction of sp³-hybridized carbons (Fsp3) is 0.357. The van der Waals surface area contributed by atoms with E-state index in [0.29, 0.717) is 18.8 Å². The van der Waals surface area contributed by atoms with Gasteiger partial charge in [-0.2, -0.15) is 0 Å². The number of hydrogen-bond donors (Lipinski definition) is 1. The van der Waals surface area contributed by atoms with E-state index in [4.69, 9.17) is 10.5 Å². The van der Waals surface area contributed by atoms with Gasteiger partial charge < -0.3 is 10.5 Å². The lowest BCUT2D eigenvalue weighted by molar-refractivity contribution is 0.0995. The SMILES string of the molecule is Cc1c(C(N)=O)nnn1CCCCOc1ccccc1. The van der Waals surface area contributed by atoms with Gasteiger partial charge >= 0.3 is 0 Å². The third-order valence-electron chi connectivity index (χ3n) is 2.99.